The summed E-state index contributed by atoms with van der Waals surface area (Å²) in [7, 11) is 0. The highest BCUT2D eigenvalue weighted by atomic mass is 19.1. The smallest absolute Gasteiger partial charge is 0.240 e. The van der Waals surface area contributed by atoms with E-state index in [1.165, 1.54) is 17.7 Å². The van der Waals surface area contributed by atoms with Gasteiger partial charge >= 0.3 is 0 Å². The highest BCUT2D eigenvalue weighted by molar-refractivity contribution is 5.82. The van der Waals surface area contributed by atoms with Crippen molar-refractivity contribution in [2.75, 3.05) is 19.8 Å². The number of nitrogens with one attached hydrogen (secondary N) is 1. The maximum Gasteiger partial charge on any atom is 0.240 e. The highest BCUT2D eigenvalue weighted by Crippen LogP contribution is 2.13. The first-order chi connectivity index (χ1) is 11.7. The summed E-state index contributed by atoms with van der Waals surface area (Å²) in [6.07, 6.45) is 0. The number of benzene rings is 2. The molecule has 0 saturated carbocycles. The van der Waals surface area contributed by atoms with E-state index in [9.17, 15) is 9.18 Å². The van der Waals surface area contributed by atoms with Crippen LogP contribution >= 0.6 is 0 Å². The summed E-state index contributed by atoms with van der Waals surface area (Å²) < 4.78 is 18.4. The second-order valence-corrected chi connectivity index (χ2v) is 5.89. The first-order valence-electron chi connectivity index (χ1n) is 8.10. The van der Waals surface area contributed by atoms with Crippen LogP contribution in [0.5, 0.6) is 0 Å². The van der Waals surface area contributed by atoms with Crippen LogP contribution in [0.15, 0.2) is 54.6 Å². The van der Waals surface area contributed by atoms with E-state index in [2.05, 4.69) is 22.3 Å². The molecule has 3 rings (SSSR count). The average molecular weight is 328 g/mol. The van der Waals surface area contributed by atoms with Gasteiger partial charge in [-0.3, -0.25) is 9.69 Å². The highest BCUT2D eigenvalue weighted by Gasteiger charge is 2.29. The minimum atomic E-state index is -0.306. The van der Waals surface area contributed by atoms with Crippen molar-refractivity contribution in [2.45, 2.75) is 19.1 Å². The van der Waals surface area contributed by atoms with Gasteiger partial charge in [0.2, 0.25) is 5.91 Å². The molecule has 1 saturated heterocycles. The lowest BCUT2D eigenvalue weighted by molar-refractivity contribution is -0.133. The van der Waals surface area contributed by atoms with Gasteiger partial charge in [-0.15, -0.1) is 0 Å². The van der Waals surface area contributed by atoms with Crippen molar-refractivity contribution in [1.82, 2.24) is 10.2 Å². The van der Waals surface area contributed by atoms with Crippen LogP contribution in [0.3, 0.4) is 0 Å². The summed E-state index contributed by atoms with van der Waals surface area (Å²) in [5.74, 6) is -0.338. The molecule has 0 bridgehead atoms. The van der Waals surface area contributed by atoms with Gasteiger partial charge in [-0.1, -0.05) is 42.5 Å². The van der Waals surface area contributed by atoms with E-state index in [4.69, 9.17) is 4.74 Å². The van der Waals surface area contributed by atoms with E-state index in [0.29, 0.717) is 19.8 Å². The van der Waals surface area contributed by atoms with Gasteiger partial charge in [0.25, 0.3) is 0 Å². The Labute approximate surface area is 141 Å². The van der Waals surface area contributed by atoms with Crippen molar-refractivity contribution in [3.63, 3.8) is 0 Å². The van der Waals surface area contributed by atoms with Crippen LogP contribution in [0.1, 0.15) is 11.1 Å². The molecule has 0 radical (unpaired) electrons. The minimum Gasteiger partial charge on any atom is -0.378 e. The van der Waals surface area contributed by atoms with Gasteiger partial charge in [0.05, 0.1) is 13.2 Å². The van der Waals surface area contributed by atoms with Crippen LogP contribution < -0.4 is 5.32 Å². The van der Waals surface area contributed by atoms with Gasteiger partial charge in [0, 0.05) is 19.6 Å². The third-order valence-electron chi connectivity index (χ3n) is 4.15. The molecule has 1 aliphatic rings. The molecule has 0 unspecified atom stereocenters. The first kappa shape index (κ1) is 16.6. The number of hydrogen-bond donors (Lipinski definition) is 1. The Balaban J connectivity index is 1.59. The molecule has 5 heteroatoms. The molecule has 0 aromatic heterocycles. The number of rotatable bonds is 5. The van der Waals surface area contributed by atoms with Crippen molar-refractivity contribution < 1.29 is 13.9 Å². The predicted octanol–water partition coefficient (Wildman–Crippen LogP) is 2.34. The number of carbonyl (C=O) groups is 1. The standard InChI is InChI=1S/C19H21FN2O2/c20-17-8-6-15(7-9-17)12-21-19(23)18-14-24-11-10-22(18)13-16-4-2-1-3-5-16/h1-9,18H,10-14H2,(H,21,23)/t18-/m1/s1. The van der Waals surface area contributed by atoms with Crippen LogP contribution in [-0.2, 0) is 22.6 Å². The van der Waals surface area contributed by atoms with E-state index >= 15 is 0 Å². The molecular weight excluding hydrogens is 307 g/mol. The monoisotopic (exact) mass is 328 g/mol. The van der Waals surface area contributed by atoms with E-state index < -0.39 is 0 Å². The number of amides is 1. The molecule has 1 fully saturated rings. The zero-order chi connectivity index (χ0) is 16.8. The Kier molecular flexibility index (Phi) is 5.56. The Hall–Kier alpha value is -2.24. The summed E-state index contributed by atoms with van der Waals surface area (Å²) in [6.45, 7) is 2.85. The molecule has 1 heterocycles. The lowest BCUT2D eigenvalue weighted by Gasteiger charge is -2.34. The second kappa shape index (κ2) is 8.04. The fraction of sp³-hybridized carbons (Fsp3) is 0.316. The Morgan fingerprint density at radius 3 is 2.62 bits per heavy atom. The van der Waals surface area contributed by atoms with Gasteiger partial charge in [-0.2, -0.15) is 0 Å². The molecule has 4 nitrogen and oxygen atoms in total. The number of nitrogens with zero attached hydrogens (tertiary/aromatic N) is 1. The number of carbonyl (C=O) groups excluding carboxylic acids is 1. The van der Waals surface area contributed by atoms with Crippen molar-refractivity contribution in [3.8, 4) is 0 Å². The van der Waals surface area contributed by atoms with Gasteiger partial charge in [0.15, 0.2) is 0 Å². The predicted molar refractivity (Wildman–Crippen MR) is 89.7 cm³/mol. The van der Waals surface area contributed by atoms with Crippen LogP contribution in [0, 0.1) is 5.82 Å². The van der Waals surface area contributed by atoms with Crippen molar-refractivity contribution >= 4 is 5.91 Å². The molecule has 0 aliphatic carbocycles. The fourth-order valence-corrected chi connectivity index (χ4v) is 2.80. The summed E-state index contributed by atoms with van der Waals surface area (Å²) in [6, 6.07) is 15.9. The van der Waals surface area contributed by atoms with Crippen LogP contribution in [0.25, 0.3) is 0 Å². The molecule has 0 spiro atoms. The minimum absolute atomic E-state index is 0.0602. The lowest BCUT2D eigenvalue weighted by Crippen LogP contribution is -2.53. The maximum absolute atomic E-state index is 12.9. The quantitative estimate of drug-likeness (QED) is 0.916. The van der Waals surface area contributed by atoms with Crippen molar-refractivity contribution in [3.05, 3.63) is 71.5 Å². The summed E-state index contributed by atoms with van der Waals surface area (Å²) in [5, 5.41) is 2.92. The molecule has 1 atom stereocenters. The van der Waals surface area contributed by atoms with E-state index in [1.807, 2.05) is 18.2 Å². The van der Waals surface area contributed by atoms with Gasteiger partial charge < -0.3 is 10.1 Å². The van der Waals surface area contributed by atoms with Gasteiger partial charge in [-0.05, 0) is 23.3 Å². The zero-order valence-electron chi connectivity index (χ0n) is 13.5. The molecule has 126 valence electrons. The third-order valence-corrected chi connectivity index (χ3v) is 4.15. The number of ether oxygens (including phenoxy) is 1. The summed E-state index contributed by atoms with van der Waals surface area (Å²) >= 11 is 0. The maximum atomic E-state index is 12.9. The molecule has 1 amide bonds. The van der Waals surface area contributed by atoms with E-state index in [1.54, 1.807) is 12.1 Å². The Morgan fingerprint density at radius 2 is 1.88 bits per heavy atom. The number of morpholine rings is 1. The van der Waals surface area contributed by atoms with Crippen molar-refractivity contribution in [1.29, 1.82) is 0 Å². The third kappa shape index (κ3) is 4.40. The first-order valence-corrected chi connectivity index (χ1v) is 8.10. The molecule has 1 N–H and O–H groups in total. The number of hydrogen-bond acceptors (Lipinski definition) is 3. The molecular formula is C19H21FN2O2. The van der Waals surface area contributed by atoms with E-state index in [0.717, 1.165) is 18.7 Å². The van der Waals surface area contributed by atoms with Crippen molar-refractivity contribution in [2.24, 2.45) is 0 Å². The van der Waals surface area contributed by atoms with Gasteiger partial charge in [0.1, 0.15) is 11.9 Å². The fourth-order valence-electron chi connectivity index (χ4n) is 2.80. The molecule has 2 aromatic rings. The summed E-state index contributed by atoms with van der Waals surface area (Å²) in [5.41, 5.74) is 2.05. The Bertz CT molecular complexity index is 661. The SMILES string of the molecule is O=C(NCc1ccc(F)cc1)[C@H]1COCCN1Cc1ccccc1. The van der Waals surface area contributed by atoms with Crippen LogP contribution in [-0.4, -0.2) is 36.6 Å². The lowest BCUT2D eigenvalue weighted by atomic mass is 10.1. The summed E-state index contributed by atoms with van der Waals surface area (Å²) in [4.78, 5) is 14.7. The molecule has 1 aliphatic heterocycles. The van der Waals surface area contributed by atoms with Crippen LogP contribution in [0.4, 0.5) is 4.39 Å². The molecule has 24 heavy (non-hydrogen) atoms. The second-order valence-electron chi connectivity index (χ2n) is 5.89. The van der Waals surface area contributed by atoms with E-state index in [-0.39, 0.29) is 17.8 Å². The Morgan fingerprint density at radius 1 is 1.12 bits per heavy atom. The topological polar surface area (TPSA) is 41.6 Å². The number of halogens is 1. The largest absolute Gasteiger partial charge is 0.378 e. The molecule has 2 aromatic carbocycles. The zero-order valence-corrected chi connectivity index (χ0v) is 13.5. The van der Waals surface area contributed by atoms with Gasteiger partial charge in [-0.25, -0.2) is 4.39 Å². The average Bonchev–Trinajstić information content (AvgIpc) is 2.62. The van der Waals surface area contributed by atoms with Crippen LogP contribution in [0.2, 0.25) is 0 Å². The normalized spacial score (nSPS) is 18.3.